The van der Waals surface area contributed by atoms with Crippen LogP contribution in [0.3, 0.4) is 0 Å². The molecule has 1 aromatic heterocycles. The van der Waals surface area contributed by atoms with Crippen LogP contribution < -0.4 is 15.6 Å². The van der Waals surface area contributed by atoms with E-state index in [9.17, 15) is 22.8 Å². The Morgan fingerprint density at radius 2 is 1.64 bits per heavy atom. The number of fused-ring (bicyclic) bond motifs is 2. The number of rotatable bonds is 3. The number of carbonyl (C=O) groups excluding carboxylic acids is 1. The van der Waals surface area contributed by atoms with Crippen molar-refractivity contribution in [2.45, 2.75) is 51.7 Å². The van der Waals surface area contributed by atoms with Crippen LogP contribution in [0.5, 0.6) is 11.5 Å². The van der Waals surface area contributed by atoms with Gasteiger partial charge in [-0.15, -0.1) is 0 Å². The molecule has 5 nitrogen and oxygen atoms in total. The quantitative estimate of drug-likeness (QED) is 0.431. The monoisotopic (exact) mass is 494 g/mol. The van der Waals surface area contributed by atoms with Crippen LogP contribution in [-0.2, 0) is 6.18 Å². The van der Waals surface area contributed by atoms with E-state index in [0.29, 0.717) is 41.0 Å². The molecule has 1 aliphatic carbocycles. The van der Waals surface area contributed by atoms with E-state index in [2.05, 4.69) is 5.32 Å². The molecule has 5 rings (SSSR count). The molecule has 0 spiro atoms. The number of H-pyrrole nitrogens is 1. The minimum Gasteiger partial charge on any atom is -0.457 e. The number of halogens is 3. The molecule has 0 atom stereocenters. The summed E-state index contributed by atoms with van der Waals surface area (Å²) in [4.78, 5) is 28.1. The number of aromatic nitrogens is 1. The summed E-state index contributed by atoms with van der Waals surface area (Å²) < 4.78 is 47.4. The number of allylic oxidation sites excluding steroid dienone is 2. The summed E-state index contributed by atoms with van der Waals surface area (Å²) in [5.74, 6) is 0.396. The normalized spacial score (nSPS) is 15.4. The SMILES string of the molecule is Cc1ccc2c(c1)Oc1cc(C)ccc1C2NC(=O)c1cc(C2=CCCCC2)c(C(F)(F)F)[nH]c1=O. The van der Waals surface area contributed by atoms with Crippen molar-refractivity contribution in [2.75, 3.05) is 0 Å². The summed E-state index contributed by atoms with van der Waals surface area (Å²) >= 11 is 0. The van der Waals surface area contributed by atoms with Gasteiger partial charge in [0.25, 0.3) is 11.5 Å². The van der Waals surface area contributed by atoms with Crippen LogP contribution in [-0.4, -0.2) is 10.9 Å². The highest BCUT2D eigenvalue weighted by molar-refractivity contribution is 5.95. The van der Waals surface area contributed by atoms with Gasteiger partial charge in [-0.05, 0) is 74.4 Å². The molecule has 36 heavy (non-hydrogen) atoms. The zero-order valence-electron chi connectivity index (χ0n) is 19.9. The maximum absolute atomic E-state index is 13.8. The second kappa shape index (κ2) is 9.00. The third-order valence-electron chi connectivity index (χ3n) is 6.66. The summed E-state index contributed by atoms with van der Waals surface area (Å²) in [5, 5.41) is 2.88. The number of nitrogens with one attached hydrogen (secondary N) is 2. The molecule has 2 heterocycles. The van der Waals surface area contributed by atoms with Gasteiger partial charge in [-0.1, -0.05) is 30.3 Å². The van der Waals surface area contributed by atoms with Gasteiger partial charge >= 0.3 is 6.18 Å². The number of hydrogen-bond acceptors (Lipinski definition) is 3. The molecule has 8 heteroatoms. The number of aromatic amines is 1. The van der Waals surface area contributed by atoms with Crippen LogP contribution >= 0.6 is 0 Å². The molecule has 0 saturated carbocycles. The van der Waals surface area contributed by atoms with E-state index in [1.54, 1.807) is 6.08 Å². The van der Waals surface area contributed by atoms with Crippen LogP contribution in [0.4, 0.5) is 13.2 Å². The van der Waals surface area contributed by atoms with Gasteiger partial charge in [0.05, 0.1) is 6.04 Å². The zero-order chi connectivity index (χ0) is 25.6. The molecule has 0 radical (unpaired) electrons. The van der Waals surface area contributed by atoms with E-state index in [1.807, 2.05) is 55.2 Å². The van der Waals surface area contributed by atoms with Gasteiger partial charge in [-0.3, -0.25) is 9.59 Å². The maximum Gasteiger partial charge on any atom is 0.431 e. The lowest BCUT2D eigenvalue weighted by Crippen LogP contribution is -2.35. The molecule has 0 fully saturated rings. The summed E-state index contributed by atoms with van der Waals surface area (Å²) in [5.41, 5.74) is 1.12. The number of carbonyl (C=O) groups is 1. The van der Waals surface area contributed by atoms with Gasteiger partial charge in [0.15, 0.2) is 0 Å². The predicted molar refractivity (Wildman–Crippen MR) is 130 cm³/mol. The number of aryl methyl sites for hydroxylation is 2. The summed E-state index contributed by atoms with van der Waals surface area (Å²) in [6.45, 7) is 3.85. The van der Waals surface area contributed by atoms with E-state index >= 15 is 0 Å². The molecule has 2 aromatic carbocycles. The Morgan fingerprint density at radius 1 is 1.00 bits per heavy atom. The first kappa shape index (κ1) is 23.9. The molecule has 0 unspecified atom stereocenters. The fourth-order valence-electron chi connectivity index (χ4n) is 4.85. The molecule has 0 bridgehead atoms. The average Bonchev–Trinajstić information content (AvgIpc) is 2.83. The van der Waals surface area contributed by atoms with Crippen molar-refractivity contribution in [1.82, 2.24) is 10.3 Å². The van der Waals surface area contributed by atoms with Gasteiger partial charge < -0.3 is 15.0 Å². The fourth-order valence-corrected chi connectivity index (χ4v) is 4.85. The Balaban J connectivity index is 1.58. The van der Waals surface area contributed by atoms with Crippen molar-refractivity contribution in [1.29, 1.82) is 0 Å². The molecule has 3 aromatic rings. The third kappa shape index (κ3) is 4.43. The standard InChI is InChI=1S/C28H25F3N2O3/c1-15-8-10-18-22(12-15)36-23-13-16(2)9-11-19(23)24(18)32-26(34)21-14-20(17-6-4-3-5-7-17)25(28(29,30)31)33-27(21)35/h6,8-14,24H,3-5,7H2,1-2H3,(H,32,34)(H,33,35). The molecule has 1 aliphatic heterocycles. The van der Waals surface area contributed by atoms with Gasteiger partial charge in [-0.25, -0.2) is 0 Å². The average molecular weight is 495 g/mol. The van der Waals surface area contributed by atoms with Gasteiger partial charge in [0, 0.05) is 16.7 Å². The molecule has 2 N–H and O–H groups in total. The predicted octanol–water partition coefficient (Wildman–Crippen LogP) is 6.59. The highest BCUT2D eigenvalue weighted by atomic mass is 19.4. The van der Waals surface area contributed by atoms with E-state index in [0.717, 1.165) is 30.0 Å². The largest absolute Gasteiger partial charge is 0.457 e. The van der Waals surface area contributed by atoms with E-state index in [-0.39, 0.29) is 11.1 Å². The molecule has 0 saturated heterocycles. The van der Waals surface area contributed by atoms with E-state index < -0.39 is 29.4 Å². The summed E-state index contributed by atoms with van der Waals surface area (Å²) in [6.07, 6.45) is -0.251. The Labute approximate surface area is 206 Å². The molecular formula is C28H25F3N2O3. The van der Waals surface area contributed by atoms with Crippen molar-refractivity contribution >= 4 is 11.5 Å². The Bertz CT molecular complexity index is 1400. The topological polar surface area (TPSA) is 71.2 Å². The smallest absolute Gasteiger partial charge is 0.431 e. The van der Waals surface area contributed by atoms with E-state index in [4.69, 9.17) is 4.74 Å². The van der Waals surface area contributed by atoms with Crippen molar-refractivity contribution in [3.63, 3.8) is 0 Å². The summed E-state index contributed by atoms with van der Waals surface area (Å²) in [7, 11) is 0. The van der Waals surface area contributed by atoms with Crippen LogP contribution in [0.25, 0.3) is 5.57 Å². The number of ether oxygens (including phenoxy) is 1. The molecule has 186 valence electrons. The number of amides is 1. The molecular weight excluding hydrogens is 469 g/mol. The van der Waals surface area contributed by atoms with Crippen LogP contribution in [0.15, 0.2) is 53.3 Å². The second-order valence-electron chi connectivity index (χ2n) is 9.36. The van der Waals surface area contributed by atoms with Crippen LogP contribution in [0, 0.1) is 13.8 Å². The van der Waals surface area contributed by atoms with Gasteiger partial charge in [0.1, 0.15) is 22.8 Å². The van der Waals surface area contributed by atoms with Crippen LogP contribution in [0.1, 0.15) is 75.6 Å². The highest BCUT2D eigenvalue weighted by Gasteiger charge is 2.37. The van der Waals surface area contributed by atoms with Gasteiger partial charge in [0.2, 0.25) is 0 Å². The van der Waals surface area contributed by atoms with E-state index in [1.165, 1.54) is 0 Å². The number of benzene rings is 2. The maximum atomic E-state index is 13.8. The lowest BCUT2D eigenvalue weighted by atomic mass is 9.91. The van der Waals surface area contributed by atoms with Crippen molar-refractivity contribution < 1.29 is 22.7 Å². The van der Waals surface area contributed by atoms with Gasteiger partial charge in [-0.2, -0.15) is 13.2 Å². The van der Waals surface area contributed by atoms with Crippen molar-refractivity contribution in [3.8, 4) is 11.5 Å². The Hall–Kier alpha value is -3.81. The first-order valence-corrected chi connectivity index (χ1v) is 11.9. The lowest BCUT2D eigenvalue weighted by molar-refractivity contribution is -0.141. The van der Waals surface area contributed by atoms with Crippen molar-refractivity contribution in [3.05, 3.63) is 98.0 Å². The first-order valence-electron chi connectivity index (χ1n) is 11.9. The number of alkyl halides is 3. The lowest BCUT2D eigenvalue weighted by Gasteiger charge is -2.29. The number of pyridine rings is 1. The minimum atomic E-state index is -4.75. The second-order valence-corrected chi connectivity index (χ2v) is 9.36. The zero-order valence-corrected chi connectivity index (χ0v) is 19.9. The minimum absolute atomic E-state index is 0.147. The summed E-state index contributed by atoms with van der Waals surface area (Å²) in [6, 6.07) is 11.6. The first-order chi connectivity index (χ1) is 17.1. The number of hydrogen-bond donors (Lipinski definition) is 2. The highest BCUT2D eigenvalue weighted by Crippen LogP contribution is 2.44. The third-order valence-corrected chi connectivity index (χ3v) is 6.66. The molecule has 1 amide bonds. The fraction of sp³-hybridized carbons (Fsp3) is 0.286. The Morgan fingerprint density at radius 3 is 2.19 bits per heavy atom. The van der Waals surface area contributed by atoms with Crippen molar-refractivity contribution in [2.24, 2.45) is 0 Å². The molecule has 2 aliphatic rings. The Kier molecular flexibility index (Phi) is 5.98. The van der Waals surface area contributed by atoms with Crippen LogP contribution in [0.2, 0.25) is 0 Å².